The van der Waals surface area contributed by atoms with Gasteiger partial charge in [-0.05, 0) is 38.5 Å². The summed E-state index contributed by atoms with van der Waals surface area (Å²) in [7, 11) is 0. The van der Waals surface area contributed by atoms with Crippen molar-refractivity contribution in [3.8, 4) is 11.7 Å². The zero-order chi connectivity index (χ0) is 17.1. The van der Waals surface area contributed by atoms with E-state index in [9.17, 15) is 4.79 Å². The van der Waals surface area contributed by atoms with Gasteiger partial charge in [-0.15, -0.1) is 10.2 Å². The van der Waals surface area contributed by atoms with Gasteiger partial charge in [0.2, 0.25) is 0 Å². The zero-order valence-corrected chi connectivity index (χ0v) is 14.7. The van der Waals surface area contributed by atoms with E-state index in [2.05, 4.69) is 21.7 Å². The van der Waals surface area contributed by atoms with Crippen molar-refractivity contribution in [2.75, 3.05) is 5.75 Å². The Bertz CT molecular complexity index is 834. The van der Waals surface area contributed by atoms with E-state index in [0.29, 0.717) is 16.9 Å². The van der Waals surface area contributed by atoms with E-state index in [1.54, 1.807) is 18.4 Å². The van der Waals surface area contributed by atoms with E-state index in [1.165, 1.54) is 11.8 Å². The average Bonchev–Trinajstić information content (AvgIpc) is 3.29. The molecule has 7 heteroatoms. The largest absolute Gasteiger partial charge is 0.459 e. The molecular formula is C17H19N3O3S. The van der Waals surface area contributed by atoms with Crippen molar-refractivity contribution in [2.24, 2.45) is 0 Å². The molecule has 0 aliphatic rings. The Morgan fingerprint density at radius 2 is 2.17 bits per heavy atom. The molecule has 3 heterocycles. The fraction of sp³-hybridized carbons (Fsp3) is 0.353. The number of carbonyl (C=O) groups excluding carboxylic acids is 1. The van der Waals surface area contributed by atoms with Crippen LogP contribution < -0.4 is 0 Å². The molecule has 3 aromatic rings. The van der Waals surface area contributed by atoms with Gasteiger partial charge in [0.1, 0.15) is 0 Å². The van der Waals surface area contributed by atoms with E-state index in [4.69, 9.17) is 8.83 Å². The van der Waals surface area contributed by atoms with Gasteiger partial charge in [0, 0.05) is 23.5 Å². The van der Waals surface area contributed by atoms with Crippen molar-refractivity contribution < 1.29 is 13.6 Å². The Balaban J connectivity index is 1.67. The maximum atomic E-state index is 12.5. The first-order valence-electron chi connectivity index (χ1n) is 7.80. The van der Waals surface area contributed by atoms with Gasteiger partial charge in [0.05, 0.1) is 12.0 Å². The summed E-state index contributed by atoms with van der Waals surface area (Å²) in [6.07, 6.45) is 2.58. The minimum atomic E-state index is 0.0631. The molecule has 0 atom stereocenters. The highest BCUT2D eigenvalue weighted by Crippen LogP contribution is 2.25. The summed E-state index contributed by atoms with van der Waals surface area (Å²) >= 11 is 1.24. The Kier molecular flexibility index (Phi) is 4.89. The summed E-state index contributed by atoms with van der Waals surface area (Å²) < 4.78 is 12.9. The first-order chi connectivity index (χ1) is 11.6. The molecule has 0 N–H and O–H groups in total. The quantitative estimate of drug-likeness (QED) is 0.473. The maximum absolute atomic E-state index is 12.5. The number of thioether (sulfide) groups is 1. The van der Waals surface area contributed by atoms with Crippen molar-refractivity contribution in [3.63, 3.8) is 0 Å². The Morgan fingerprint density at radius 3 is 2.88 bits per heavy atom. The molecule has 0 amide bonds. The van der Waals surface area contributed by atoms with Crippen LogP contribution in [0.25, 0.3) is 11.7 Å². The van der Waals surface area contributed by atoms with Gasteiger partial charge in [-0.25, -0.2) is 0 Å². The number of aromatic nitrogens is 3. The van der Waals surface area contributed by atoms with Gasteiger partial charge in [-0.3, -0.25) is 4.79 Å². The van der Waals surface area contributed by atoms with Gasteiger partial charge in [0.25, 0.3) is 11.1 Å². The van der Waals surface area contributed by atoms with Crippen LogP contribution in [0.3, 0.4) is 0 Å². The van der Waals surface area contributed by atoms with Crippen molar-refractivity contribution >= 4 is 17.5 Å². The maximum Gasteiger partial charge on any atom is 0.284 e. The lowest BCUT2D eigenvalue weighted by atomic mass is 10.2. The minimum absolute atomic E-state index is 0.0631. The molecule has 0 aliphatic heterocycles. The van der Waals surface area contributed by atoms with Gasteiger partial charge in [0.15, 0.2) is 11.5 Å². The predicted molar refractivity (Wildman–Crippen MR) is 91.3 cm³/mol. The molecule has 0 saturated heterocycles. The van der Waals surface area contributed by atoms with Crippen molar-refractivity contribution in [2.45, 2.75) is 39.0 Å². The van der Waals surface area contributed by atoms with Crippen LogP contribution in [0.5, 0.6) is 0 Å². The van der Waals surface area contributed by atoms with Crippen molar-refractivity contribution in [1.82, 2.24) is 14.8 Å². The first kappa shape index (κ1) is 16.6. The number of Topliss-reactive ketones (excluding diaryl/α,β-unsaturated/α-hetero) is 1. The van der Waals surface area contributed by atoms with Crippen LogP contribution in [-0.2, 0) is 6.54 Å². The molecule has 0 fully saturated rings. The predicted octanol–water partition coefficient (Wildman–Crippen LogP) is 4.13. The molecule has 24 heavy (non-hydrogen) atoms. The monoisotopic (exact) mass is 345 g/mol. The molecule has 0 aliphatic carbocycles. The molecule has 0 unspecified atom stereocenters. The third-order valence-corrected chi connectivity index (χ3v) is 4.60. The van der Waals surface area contributed by atoms with E-state index < -0.39 is 0 Å². The van der Waals surface area contributed by atoms with Crippen LogP contribution >= 0.6 is 11.8 Å². The summed E-state index contributed by atoms with van der Waals surface area (Å²) in [5, 5.41) is 8.22. The first-order valence-corrected chi connectivity index (χ1v) is 8.78. The van der Waals surface area contributed by atoms with E-state index in [0.717, 1.165) is 29.9 Å². The molecule has 0 saturated carbocycles. The van der Waals surface area contributed by atoms with Crippen LogP contribution in [0.1, 0.15) is 35.1 Å². The van der Waals surface area contributed by atoms with Crippen LogP contribution in [0.4, 0.5) is 0 Å². The number of hydrogen-bond acceptors (Lipinski definition) is 6. The van der Waals surface area contributed by atoms with Crippen LogP contribution in [-0.4, -0.2) is 26.3 Å². The van der Waals surface area contributed by atoms with E-state index in [-0.39, 0.29) is 11.5 Å². The lowest BCUT2D eigenvalue weighted by molar-refractivity contribution is 0.102. The molecule has 6 nitrogen and oxygen atoms in total. The van der Waals surface area contributed by atoms with Crippen molar-refractivity contribution in [1.29, 1.82) is 0 Å². The minimum Gasteiger partial charge on any atom is -0.459 e. The third-order valence-electron chi connectivity index (χ3n) is 3.79. The van der Waals surface area contributed by atoms with Gasteiger partial charge in [-0.2, -0.15) is 0 Å². The molecule has 0 bridgehead atoms. The number of furan rings is 1. The normalized spacial score (nSPS) is 11.1. The molecule has 3 rings (SSSR count). The highest BCUT2D eigenvalue weighted by Gasteiger charge is 2.17. The van der Waals surface area contributed by atoms with Gasteiger partial charge in [-0.1, -0.05) is 18.7 Å². The zero-order valence-electron chi connectivity index (χ0n) is 13.9. The topological polar surface area (TPSA) is 74.1 Å². The summed E-state index contributed by atoms with van der Waals surface area (Å²) in [6.45, 7) is 7.07. The molecule has 0 aromatic carbocycles. The van der Waals surface area contributed by atoms with Gasteiger partial charge >= 0.3 is 0 Å². The second kappa shape index (κ2) is 7.09. The van der Waals surface area contributed by atoms with Gasteiger partial charge < -0.3 is 13.4 Å². The highest BCUT2D eigenvalue weighted by atomic mass is 32.2. The number of aryl methyl sites for hydroxylation is 1. The Hall–Kier alpha value is -2.28. The lowest BCUT2D eigenvalue weighted by Crippen LogP contribution is -2.06. The van der Waals surface area contributed by atoms with E-state index >= 15 is 0 Å². The Labute approximate surface area is 144 Å². The molecule has 126 valence electrons. The Morgan fingerprint density at radius 1 is 1.33 bits per heavy atom. The van der Waals surface area contributed by atoms with Crippen LogP contribution in [0.2, 0.25) is 0 Å². The summed E-state index contributed by atoms with van der Waals surface area (Å²) in [5.41, 5.74) is 2.89. The number of carbonyl (C=O) groups is 1. The second-order valence-corrected chi connectivity index (χ2v) is 6.43. The number of hydrogen-bond donors (Lipinski definition) is 0. The second-order valence-electron chi connectivity index (χ2n) is 5.50. The molecular weight excluding hydrogens is 326 g/mol. The standard InChI is InChI=1S/C17H19N3O3S/c1-4-7-20-11(2)9-13(12(20)3)14(21)10-24-17-19-18-16(23-17)15-6-5-8-22-15/h5-6,8-9H,4,7,10H2,1-3H3. The lowest BCUT2D eigenvalue weighted by Gasteiger charge is -2.07. The molecule has 3 aromatic heterocycles. The summed E-state index contributed by atoms with van der Waals surface area (Å²) in [5.74, 6) is 1.16. The number of ketones is 1. The average molecular weight is 345 g/mol. The van der Waals surface area contributed by atoms with E-state index in [1.807, 2.05) is 19.9 Å². The molecule has 0 radical (unpaired) electrons. The molecule has 0 spiro atoms. The fourth-order valence-corrected chi connectivity index (χ4v) is 3.27. The third kappa shape index (κ3) is 3.31. The van der Waals surface area contributed by atoms with Crippen LogP contribution in [0.15, 0.2) is 38.5 Å². The smallest absolute Gasteiger partial charge is 0.284 e. The summed E-state index contributed by atoms with van der Waals surface area (Å²) in [4.78, 5) is 12.5. The highest BCUT2D eigenvalue weighted by molar-refractivity contribution is 7.99. The van der Waals surface area contributed by atoms with Crippen molar-refractivity contribution in [3.05, 3.63) is 41.4 Å². The fourth-order valence-electron chi connectivity index (χ4n) is 2.62. The number of nitrogens with zero attached hydrogens (tertiary/aromatic N) is 3. The SMILES string of the molecule is CCCn1c(C)cc(C(=O)CSc2nnc(-c3ccco3)o2)c1C. The number of rotatable bonds is 7. The van der Waals surface area contributed by atoms with Crippen LogP contribution in [0, 0.1) is 13.8 Å². The summed E-state index contributed by atoms with van der Waals surface area (Å²) in [6, 6.07) is 5.45.